The predicted molar refractivity (Wildman–Crippen MR) is 44.5 cm³/mol. The van der Waals surface area contributed by atoms with Crippen LogP contribution in [0.15, 0.2) is 20.4 Å². The van der Waals surface area contributed by atoms with Gasteiger partial charge in [0.25, 0.3) is 0 Å². The van der Waals surface area contributed by atoms with Crippen LogP contribution in [0.2, 0.25) is 0 Å². The summed E-state index contributed by atoms with van der Waals surface area (Å²) in [6, 6.07) is 0. The van der Waals surface area contributed by atoms with E-state index in [1.165, 1.54) is 11.3 Å². The first-order chi connectivity index (χ1) is 4.75. The standard InChI is InChI=1S/C5H5BrN2OS/c6-4-2-10-1-3(4)5(7)8-9/h1-2,9H,(H2,7,8). The van der Waals surface area contributed by atoms with E-state index in [9.17, 15) is 0 Å². The molecule has 1 aromatic heterocycles. The van der Waals surface area contributed by atoms with E-state index >= 15 is 0 Å². The third-order valence-electron chi connectivity index (χ3n) is 0.998. The van der Waals surface area contributed by atoms with Crippen molar-refractivity contribution in [1.29, 1.82) is 0 Å². The topological polar surface area (TPSA) is 58.6 Å². The number of hydrogen-bond acceptors (Lipinski definition) is 3. The SMILES string of the molecule is NC(=NO)c1cscc1Br. The smallest absolute Gasteiger partial charge is 0.172 e. The van der Waals surface area contributed by atoms with Gasteiger partial charge in [-0.3, -0.25) is 0 Å². The van der Waals surface area contributed by atoms with Crippen LogP contribution in [0.4, 0.5) is 0 Å². The Morgan fingerprint density at radius 2 is 2.40 bits per heavy atom. The van der Waals surface area contributed by atoms with Crippen LogP contribution in [-0.2, 0) is 0 Å². The predicted octanol–water partition coefficient (Wildman–Crippen LogP) is 1.61. The first-order valence-electron chi connectivity index (χ1n) is 2.45. The number of nitrogens with two attached hydrogens (primary N) is 1. The summed E-state index contributed by atoms with van der Waals surface area (Å²) in [5.41, 5.74) is 6.05. The molecule has 0 bridgehead atoms. The highest BCUT2D eigenvalue weighted by molar-refractivity contribution is 9.10. The second-order valence-electron chi connectivity index (χ2n) is 1.62. The average Bonchev–Trinajstić information content (AvgIpc) is 2.34. The van der Waals surface area contributed by atoms with Crippen LogP contribution >= 0.6 is 27.3 Å². The van der Waals surface area contributed by atoms with E-state index in [2.05, 4.69) is 21.1 Å². The first kappa shape index (κ1) is 7.56. The highest BCUT2D eigenvalue weighted by atomic mass is 79.9. The molecule has 0 aliphatic heterocycles. The van der Waals surface area contributed by atoms with E-state index in [1.54, 1.807) is 5.38 Å². The molecule has 1 rings (SSSR count). The summed E-state index contributed by atoms with van der Waals surface area (Å²) in [5.74, 6) is 0.133. The lowest BCUT2D eigenvalue weighted by Crippen LogP contribution is -2.12. The van der Waals surface area contributed by atoms with Crippen LogP contribution in [0.1, 0.15) is 5.56 Å². The highest BCUT2D eigenvalue weighted by Gasteiger charge is 2.03. The fourth-order valence-corrected chi connectivity index (χ4v) is 2.01. The van der Waals surface area contributed by atoms with E-state index in [1.807, 2.05) is 5.38 Å². The van der Waals surface area contributed by atoms with Crippen molar-refractivity contribution in [3.8, 4) is 0 Å². The molecule has 0 saturated heterocycles. The molecule has 3 N–H and O–H groups in total. The van der Waals surface area contributed by atoms with Crippen molar-refractivity contribution in [3.05, 3.63) is 20.8 Å². The Hall–Kier alpha value is -0.550. The van der Waals surface area contributed by atoms with Crippen molar-refractivity contribution in [2.75, 3.05) is 0 Å². The molecular formula is C5H5BrN2OS. The fourth-order valence-electron chi connectivity index (χ4n) is 0.518. The summed E-state index contributed by atoms with van der Waals surface area (Å²) in [6.07, 6.45) is 0. The number of nitrogens with zero attached hydrogens (tertiary/aromatic N) is 1. The van der Waals surface area contributed by atoms with Crippen molar-refractivity contribution in [1.82, 2.24) is 0 Å². The van der Waals surface area contributed by atoms with Gasteiger partial charge < -0.3 is 10.9 Å². The number of oxime groups is 1. The van der Waals surface area contributed by atoms with Crippen molar-refractivity contribution >= 4 is 33.1 Å². The molecule has 10 heavy (non-hydrogen) atoms. The molecular weight excluding hydrogens is 216 g/mol. The molecule has 0 aliphatic rings. The summed E-state index contributed by atoms with van der Waals surface area (Å²) in [5, 5.41) is 14.8. The second kappa shape index (κ2) is 3.03. The Morgan fingerprint density at radius 1 is 1.70 bits per heavy atom. The van der Waals surface area contributed by atoms with Crippen molar-refractivity contribution < 1.29 is 5.21 Å². The third-order valence-corrected chi connectivity index (χ3v) is 2.70. The molecule has 0 radical (unpaired) electrons. The maximum Gasteiger partial charge on any atom is 0.172 e. The van der Waals surface area contributed by atoms with Gasteiger partial charge in [0.05, 0.1) is 0 Å². The van der Waals surface area contributed by atoms with Gasteiger partial charge in [-0.1, -0.05) is 5.16 Å². The van der Waals surface area contributed by atoms with Crippen molar-refractivity contribution in [2.24, 2.45) is 10.9 Å². The molecule has 0 fully saturated rings. The molecule has 0 atom stereocenters. The zero-order chi connectivity index (χ0) is 7.56. The van der Waals surface area contributed by atoms with E-state index in [0.717, 1.165) is 10.0 Å². The second-order valence-corrected chi connectivity index (χ2v) is 3.22. The lowest BCUT2D eigenvalue weighted by atomic mass is 10.3. The summed E-state index contributed by atoms with van der Waals surface area (Å²) in [4.78, 5) is 0. The monoisotopic (exact) mass is 220 g/mol. The molecule has 0 aromatic carbocycles. The normalized spacial score (nSPS) is 11.9. The molecule has 54 valence electrons. The van der Waals surface area contributed by atoms with E-state index < -0.39 is 0 Å². The Morgan fingerprint density at radius 3 is 2.80 bits per heavy atom. The molecule has 0 aliphatic carbocycles. The molecule has 1 aromatic rings. The molecule has 0 amide bonds. The van der Waals surface area contributed by atoms with Crippen LogP contribution in [0.25, 0.3) is 0 Å². The minimum Gasteiger partial charge on any atom is -0.409 e. The summed E-state index contributed by atoms with van der Waals surface area (Å²) >= 11 is 4.74. The maximum atomic E-state index is 8.28. The zero-order valence-electron chi connectivity index (χ0n) is 4.91. The van der Waals surface area contributed by atoms with E-state index in [-0.39, 0.29) is 5.84 Å². The van der Waals surface area contributed by atoms with Gasteiger partial charge in [-0.2, -0.15) is 11.3 Å². The number of hydrogen-bond donors (Lipinski definition) is 2. The molecule has 0 unspecified atom stereocenters. The van der Waals surface area contributed by atoms with Gasteiger partial charge in [-0.25, -0.2) is 0 Å². The summed E-state index contributed by atoms with van der Waals surface area (Å²) in [7, 11) is 0. The molecule has 3 nitrogen and oxygen atoms in total. The molecule has 0 spiro atoms. The number of rotatable bonds is 1. The molecule has 0 saturated carbocycles. The minimum atomic E-state index is 0.133. The lowest BCUT2D eigenvalue weighted by molar-refractivity contribution is 0.318. The van der Waals surface area contributed by atoms with Crippen molar-refractivity contribution in [3.63, 3.8) is 0 Å². The van der Waals surface area contributed by atoms with Gasteiger partial charge in [0.2, 0.25) is 0 Å². The zero-order valence-corrected chi connectivity index (χ0v) is 7.32. The van der Waals surface area contributed by atoms with Gasteiger partial charge >= 0.3 is 0 Å². The lowest BCUT2D eigenvalue weighted by Gasteiger charge is -1.92. The number of amidine groups is 1. The third kappa shape index (κ3) is 1.30. The van der Waals surface area contributed by atoms with Crippen LogP contribution in [0.5, 0.6) is 0 Å². The van der Waals surface area contributed by atoms with Gasteiger partial charge in [0.15, 0.2) is 5.84 Å². The average molecular weight is 221 g/mol. The quantitative estimate of drug-likeness (QED) is 0.327. The maximum absolute atomic E-state index is 8.28. The van der Waals surface area contributed by atoms with Gasteiger partial charge in [-0.15, -0.1) is 0 Å². The largest absolute Gasteiger partial charge is 0.409 e. The molecule has 5 heteroatoms. The Balaban J connectivity index is 3.05. The van der Waals surface area contributed by atoms with Crippen LogP contribution in [0.3, 0.4) is 0 Å². The number of thiophene rings is 1. The van der Waals surface area contributed by atoms with E-state index in [0.29, 0.717) is 0 Å². The fraction of sp³-hybridized carbons (Fsp3) is 0. The van der Waals surface area contributed by atoms with Gasteiger partial charge in [-0.05, 0) is 15.9 Å². The van der Waals surface area contributed by atoms with E-state index in [4.69, 9.17) is 10.9 Å². The highest BCUT2D eigenvalue weighted by Crippen LogP contribution is 2.20. The summed E-state index contributed by atoms with van der Waals surface area (Å²) in [6.45, 7) is 0. The van der Waals surface area contributed by atoms with Crippen LogP contribution < -0.4 is 5.73 Å². The molecule has 1 heterocycles. The first-order valence-corrected chi connectivity index (χ1v) is 4.19. The van der Waals surface area contributed by atoms with Gasteiger partial charge in [0, 0.05) is 20.8 Å². The van der Waals surface area contributed by atoms with Crippen molar-refractivity contribution in [2.45, 2.75) is 0 Å². The Bertz CT molecular complexity index is 258. The van der Waals surface area contributed by atoms with Gasteiger partial charge in [0.1, 0.15) is 0 Å². The Labute approximate surface area is 70.3 Å². The van der Waals surface area contributed by atoms with Crippen LogP contribution in [0, 0.1) is 0 Å². The van der Waals surface area contributed by atoms with Crippen LogP contribution in [-0.4, -0.2) is 11.0 Å². The number of halogens is 1. The Kier molecular flexibility index (Phi) is 2.29. The minimum absolute atomic E-state index is 0.133. The summed E-state index contributed by atoms with van der Waals surface area (Å²) < 4.78 is 0.854.